The summed E-state index contributed by atoms with van der Waals surface area (Å²) in [4.78, 5) is 130. The molecule has 0 aromatic heterocycles. The van der Waals surface area contributed by atoms with Crippen molar-refractivity contribution in [3.8, 4) is 0 Å². The summed E-state index contributed by atoms with van der Waals surface area (Å²) in [7, 11) is 0. The Bertz CT molecular complexity index is 1150. The van der Waals surface area contributed by atoms with Gasteiger partial charge in [-0.3, -0.25) is 47.9 Å². The Morgan fingerprint density at radius 3 is 0.617 bits per heavy atom. The fourth-order valence-corrected chi connectivity index (χ4v) is 4.56. The van der Waals surface area contributed by atoms with E-state index in [0.717, 1.165) is 6.42 Å². The molecule has 0 rings (SSSR count). The SMILES string of the molecule is CCCC(=O)CCC(=O)CCC(=O)CCC(=O)CCC(=O)CCC(=O)CCC(=O)CCCC(=O)CCC(=O)CCC(=O)CCC(C)=O. The molecule has 0 radical (unpaired) electrons. The van der Waals surface area contributed by atoms with Gasteiger partial charge in [-0.25, -0.2) is 0 Å². The second-order valence-corrected chi connectivity index (χ2v) is 12.2. The average molecular weight is 661 g/mol. The lowest BCUT2D eigenvalue weighted by Gasteiger charge is -2.04. The summed E-state index contributed by atoms with van der Waals surface area (Å²) < 4.78 is 0. The van der Waals surface area contributed by atoms with Gasteiger partial charge >= 0.3 is 0 Å². The van der Waals surface area contributed by atoms with Crippen LogP contribution in [0.2, 0.25) is 0 Å². The molecule has 0 aliphatic carbocycles. The summed E-state index contributed by atoms with van der Waals surface area (Å²) in [6.07, 6.45) is 2.37. The molecule has 11 nitrogen and oxygen atoms in total. The molecule has 0 aromatic carbocycles. The van der Waals surface area contributed by atoms with E-state index in [1.165, 1.54) is 6.92 Å². The Morgan fingerprint density at radius 2 is 0.426 bits per heavy atom. The maximum Gasteiger partial charge on any atom is 0.133 e. The Hall–Kier alpha value is -3.63. The van der Waals surface area contributed by atoms with Gasteiger partial charge in [0.05, 0.1) is 0 Å². The van der Waals surface area contributed by atoms with Gasteiger partial charge < -0.3 is 4.79 Å². The van der Waals surface area contributed by atoms with Crippen molar-refractivity contribution in [1.29, 1.82) is 0 Å². The fraction of sp³-hybridized carbons (Fsp3) is 0.694. The quantitative estimate of drug-likeness (QED) is 0.0893. The molecule has 47 heavy (non-hydrogen) atoms. The standard InChI is InChI=1S/C36H52O11/c1-3-5-27(38)10-13-31(42)18-20-34(45)22-24-36(47)25-23-35(46)21-19-33(44)15-12-29(40)7-4-6-28(39)11-14-32(43)17-16-30(41)9-8-26(2)37/h3-25H2,1-2H3. The molecule has 11 heteroatoms. The summed E-state index contributed by atoms with van der Waals surface area (Å²) in [6, 6.07) is 0. The van der Waals surface area contributed by atoms with E-state index in [-0.39, 0.29) is 192 Å². The zero-order valence-electron chi connectivity index (χ0n) is 28.3. The molecular weight excluding hydrogens is 608 g/mol. The molecule has 262 valence electrons. The lowest BCUT2D eigenvalue weighted by Crippen LogP contribution is -2.10. The highest BCUT2D eigenvalue weighted by Gasteiger charge is 2.15. The number of ketones is 11. The summed E-state index contributed by atoms with van der Waals surface area (Å²) in [5.41, 5.74) is 0. The van der Waals surface area contributed by atoms with Gasteiger partial charge in [0.25, 0.3) is 0 Å². The van der Waals surface area contributed by atoms with Crippen LogP contribution in [0.1, 0.15) is 162 Å². The molecule has 0 aromatic rings. The summed E-state index contributed by atoms with van der Waals surface area (Å²) >= 11 is 0. The largest absolute Gasteiger partial charge is 0.300 e. The van der Waals surface area contributed by atoms with Crippen molar-refractivity contribution >= 4 is 63.6 Å². The van der Waals surface area contributed by atoms with E-state index in [9.17, 15) is 52.7 Å². The van der Waals surface area contributed by atoms with Crippen LogP contribution in [-0.4, -0.2) is 63.6 Å². The molecule has 0 saturated carbocycles. The minimum absolute atomic E-state index is 0.00640. The van der Waals surface area contributed by atoms with Crippen LogP contribution in [0.15, 0.2) is 0 Å². The van der Waals surface area contributed by atoms with Crippen LogP contribution in [0.4, 0.5) is 0 Å². The predicted octanol–water partition coefficient (Wildman–Crippen LogP) is 5.26. The second-order valence-electron chi connectivity index (χ2n) is 12.2. The highest BCUT2D eigenvalue weighted by Crippen LogP contribution is 2.11. The molecule has 0 spiro atoms. The molecule has 0 atom stereocenters. The zero-order chi connectivity index (χ0) is 35.6. The second kappa shape index (κ2) is 26.4. The molecule has 0 aliphatic heterocycles. The van der Waals surface area contributed by atoms with E-state index < -0.39 is 0 Å². The van der Waals surface area contributed by atoms with Crippen molar-refractivity contribution in [2.75, 3.05) is 0 Å². The summed E-state index contributed by atoms with van der Waals surface area (Å²) in [5.74, 6) is -1.88. The molecule has 0 bridgehead atoms. The normalized spacial score (nSPS) is 10.7. The van der Waals surface area contributed by atoms with Gasteiger partial charge in [0, 0.05) is 135 Å². The van der Waals surface area contributed by atoms with E-state index in [1.807, 2.05) is 6.92 Å². The van der Waals surface area contributed by atoms with Crippen molar-refractivity contribution in [1.82, 2.24) is 0 Å². The fourth-order valence-electron chi connectivity index (χ4n) is 4.56. The minimum atomic E-state index is -0.260. The predicted molar refractivity (Wildman–Crippen MR) is 173 cm³/mol. The molecular formula is C36H52O11. The number of carbonyl (C=O) groups is 11. The monoisotopic (exact) mass is 660 g/mol. The Labute approximate surface area is 277 Å². The van der Waals surface area contributed by atoms with Gasteiger partial charge in [0.15, 0.2) is 0 Å². The van der Waals surface area contributed by atoms with Gasteiger partial charge in [-0.2, -0.15) is 0 Å². The number of rotatable bonds is 33. The lowest BCUT2D eigenvalue weighted by molar-refractivity contribution is -0.128. The third kappa shape index (κ3) is 27.2. The summed E-state index contributed by atoms with van der Waals surface area (Å²) in [5, 5.41) is 0. The maximum absolute atomic E-state index is 12.1. The molecule has 0 heterocycles. The molecule has 0 saturated heterocycles. The van der Waals surface area contributed by atoms with Crippen LogP contribution in [-0.2, 0) is 52.7 Å². The Balaban J connectivity index is 3.94. The zero-order valence-corrected chi connectivity index (χ0v) is 28.3. The molecule has 0 unspecified atom stereocenters. The minimum Gasteiger partial charge on any atom is -0.300 e. The first-order valence-electron chi connectivity index (χ1n) is 16.9. The van der Waals surface area contributed by atoms with E-state index >= 15 is 0 Å². The molecule has 0 fully saturated rings. The highest BCUT2D eigenvalue weighted by atomic mass is 16.2. The smallest absolute Gasteiger partial charge is 0.133 e. The van der Waals surface area contributed by atoms with Crippen LogP contribution in [0.3, 0.4) is 0 Å². The lowest BCUT2D eigenvalue weighted by atomic mass is 9.99. The highest BCUT2D eigenvalue weighted by molar-refractivity contribution is 5.93. The van der Waals surface area contributed by atoms with Gasteiger partial charge in [0.2, 0.25) is 0 Å². The number of carbonyl (C=O) groups excluding carboxylic acids is 11. The van der Waals surface area contributed by atoms with Crippen molar-refractivity contribution in [2.24, 2.45) is 0 Å². The van der Waals surface area contributed by atoms with Gasteiger partial charge in [0.1, 0.15) is 63.6 Å². The maximum atomic E-state index is 12.1. The Kier molecular flexibility index (Phi) is 24.4. The molecule has 0 amide bonds. The van der Waals surface area contributed by atoms with Gasteiger partial charge in [-0.05, 0) is 19.8 Å². The van der Waals surface area contributed by atoms with Crippen molar-refractivity contribution < 1.29 is 52.7 Å². The topological polar surface area (TPSA) is 188 Å². The van der Waals surface area contributed by atoms with Crippen molar-refractivity contribution in [3.63, 3.8) is 0 Å². The van der Waals surface area contributed by atoms with Gasteiger partial charge in [-0.1, -0.05) is 6.92 Å². The first-order valence-corrected chi connectivity index (χ1v) is 16.9. The number of hydrogen-bond donors (Lipinski definition) is 0. The third-order valence-electron chi connectivity index (χ3n) is 7.66. The first-order chi connectivity index (χ1) is 22.2. The van der Waals surface area contributed by atoms with Crippen molar-refractivity contribution in [2.45, 2.75) is 162 Å². The van der Waals surface area contributed by atoms with E-state index in [0.29, 0.717) is 12.8 Å². The van der Waals surface area contributed by atoms with Crippen molar-refractivity contribution in [3.05, 3.63) is 0 Å². The van der Waals surface area contributed by atoms with E-state index in [4.69, 9.17) is 0 Å². The number of Topliss-reactive ketones (excluding diaryl/α,β-unsaturated/α-hetero) is 11. The molecule has 0 N–H and O–H groups in total. The average Bonchev–Trinajstić information content (AvgIpc) is 3.03. The van der Waals surface area contributed by atoms with Crippen LogP contribution in [0, 0.1) is 0 Å². The molecule has 0 aliphatic rings. The van der Waals surface area contributed by atoms with Crippen LogP contribution in [0.25, 0.3) is 0 Å². The summed E-state index contributed by atoms with van der Waals surface area (Å²) in [6.45, 7) is 3.28. The van der Waals surface area contributed by atoms with Crippen LogP contribution < -0.4 is 0 Å². The van der Waals surface area contributed by atoms with Crippen LogP contribution >= 0.6 is 0 Å². The van der Waals surface area contributed by atoms with Crippen LogP contribution in [0.5, 0.6) is 0 Å². The van der Waals surface area contributed by atoms with E-state index in [2.05, 4.69) is 0 Å². The first kappa shape index (κ1) is 43.4. The number of hydrogen-bond acceptors (Lipinski definition) is 11. The van der Waals surface area contributed by atoms with Gasteiger partial charge in [-0.15, -0.1) is 0 Å². The third-order valence-corrected chi connectivity index (χ3v) is 7.66. The Morgan fingerprint density at radius 1 is 0.255 bits per heavy atom. The van der Waals surface area contributed by atoms with E-state index in [1.54, 1.807) is 0 Å².